The number of carbonyl (C=O) groups excluding carboxylic acids is 2. The second-order valence-electron chi connectivity index (χ2n) is 7.81. The van der Waals surface area contributed by atoms with E-state index in [1.165, 1.54) is 4.70 Å². The summed E-state index contributed by atoms with van der Waals surface area (Å²) >= 11 is 1.68. The summed E-state index contributed by atoms with van der Waals surface area (Å²) < 4.78 is 1.17. The Bertz CT molecular complexity index is 1030. The third-order valence-electron chi connectivity index (χ3n) is 5.50. The molecule has 1 atom stereocenters. The Kier molecular flexibility index (Phi) is 5.99. The molecule has 1 fully saturated rings. The monoisotopic (exact) mass is 422 g/mol. The highest BCUT2D eigenvalue weighted by Gasteiger charge is 2.27. The van der Waals surface area contributed by atoms with E-state index in [0.29, 0.717) is 13.1 Å². The van der Waals surface area contributed by atoms with Crippen LogP contribution in [0.2, 0.25) is 0 Å². The normalized spacial score (nSPS) is 16.5. The predicted molar refractivity (Wildman–Crippen MR) is 122 cm³/mol. The number of piperidine rings is 1. The number of para-hydroxylation sites is 1. The van der Waals surface area contributed by atoms with Gasteiger partial charge in [0.1, 0.15) is 0 Å². The number of rotatable bonds is 5. The molecule has 156 valence electrons. The lowest BCUT2D eigenvalue weighted by Crippen LogP contribution is -2.40. The molecule has 0 saturated carbocycles. The van der Waals surface area contributed by atoms with Gasteiger partial charge in [0.15, 0.2) is 5.13 Å². The van der Waals surface area contributed by atoms with Crippen LogP contribution in [0.15, 0.2) is 48.5 Å². The summed E-state index contributed by atoms with van der Waals surface area (Å²) in [4.78, 5) is 33.0. The van der Waals surface area contributed by atoms with Gasteiger partial charge in [-0.25, -0.2) is 4.98 Å². The van der Waals surface area contributed by atoms with Gasteiger partial charge in [0.2, 0.25) is 11.8 Å². The van der Waals surface area contributed by atoms with E-state index in [1.54, 1.807) is 30.2 Å². The summed E-state index contributed by atoms with van der Waals surface area (Å²) in [5, 5.41) is 4.06. The van der Waals surface area contributed by atoms with Crippen LogP contribution in [0.25, 0.3) is 10.2 Å². The van der Waals surface area contributed by atoms with Gasteiger partial charge in [-0.05, 0) is 42.7 Å². The van der Waals surface area contributed by atoms with E-state index < -0.39 is 0 Å². The van der Waals surface area contributed by atoms with Crippen molar-refractivity contribution in [2.24, 2.45) is 5.92 Å². The summed E-state index contributed by atoms with van der Waals surface area (Å²) in [6, 6.07) is 15.8. The Labute approximate surface area is 180 Å². The van der Waals surface area contributed by atoms with E-state index in [4.69, 9.17) is 4.98 Å². The molecule has 0 aliphatic carbocycles. The lowest BCUT2D eigenvalue weighted by Gasteiger charge is -2.31. The van der Waals surface area contributed by atoms with Crippen LogP contribution in [0.1, 0.15) is 25.3 Å². The molecule has 1 aromatic heterocycles. The van der Waals surface area contributed by atoms with Crippen molar-refractivity contribution in [1.82, 2.24) is 9.88 Å². The fourth-order valence-electron chi connectivity index (χ4n) is 3.74. The highest BCUT2D eigenvalue weighted by Crippen LogP contribution is 2.31. The van der Waals surface area contributed by atoms with Gasteiger partial charge in [-0.3, -0.25) is 9.59 Å². The first-order chi connectivity index (χ1) is 14.5. The lowest BCUT2D eigenvalue weighted by atomic mass is 9.97. The number of nitrogens with zero attached hydrogens (tertiary/aromatic N) is 3. The van der Waals surface area contributed by atoms with Crippen molar-refractivity contribution < 1.29 is 9.59 Å². The van der Waals surface area contributed by atoms with E-state index in [-0.39, 0.29) is 17.7 Å². The van der Waals surface area contributed by atoms with Gasteiger partial charge < -0.3 is 15.1 Å². The van der Waals surface area contributed by atoms with E-state index in [2.05, 4.69) is 16.3 Å². The van der Waals surface area contributed by atoms with Crippen LogP contribution in [-0.2, 0) is 16.1 Å². The maximum atomic E-state index is 12.9. The molecule has 0 bridgehead atoms. The Morgan fingerprint density at radius 1 is 1.23 bits per heavy atom. The van der Waals surface area contributed by atoms with Crippen molar-refractivity contribution in [1.29, 1.82) is 0 Å². The number of thiazole rings is 1. The summed E-state index contributed by atoms with van der Waals surface area (Å²) in [6.45, 7) is 3.68. The molecule has 6 nitrogen and oxygen atoms in total. The molecule has 2 amide bonds. The zero-order valence-corrected chi connectivity index (χ0v) is 18.1. The van der Waals surface area contributed by atoms with Crippen LogP contribution in [0, 0.1) is 5.92 Å². The molecule has 4 rings (SSSR count). The Hall–Kier alpha value is -2.93. The maximum Gasteiger partial charge on any atom is 0.229 e. The molecule has 0 unspecified atom stereocenters. The highest BCUT2D eigenvalue weighted by atomic mass is 32.1. The summed E-state index contributed by atoms with van der Waals surface area (Å²) in [7, 11) is 1.77. The van der Waals surface area contributed by atoms with Gasteiger partial charge in [0, 0.05) is 39.3 Å². The molecule has 1 aliphatic heterocycles. The van der Waals surface area contributed by atoms with Crippen LogP contribution in [-0.4, -0.2) is 41.8 Å². The van der Waals surface area contributed by atoms with Crippen LogP contribution in [0.5, 0.6) is 0 Å². The van der Waals surface area contributed by atoms with Crippen LogP contribution in [0.4, 0.5) is 10.8 Å². The number of amides is 2. The smallest absolute Gasteiger partial charge is 0.229 e. The average Bonchev–Trinajstić information content (AvgIpc) is 3.18. The molecule has 1 saturated heterocycles. The van der Waals surface area contributed by atoms with E-state index in [9.17, 15) is 9.59 Å². The van der Waals surface area contributed by atoms with Gasteiger partial charge in [-0.15, -0.1) is 0 Å². The number of carbonyl (C=O) groups is 2. The van der Waals surface area contributed by atoms with Gasteiger partial charge >= 0.3 is 0 Å². The molecular weight excluding hydrogens is 396 g/mol. The third kappa shape index (κ3) is 4.62. The predicted octanol–water partition coefficient (Wildman–Crippen LogP) is 4.13. The van der Waals surface area contributed by atoms with E-state index in [0.717, 1.165) is 41.3 Å². The molecule has 1 aliphatic rings. The minimum Gasteiger partial charge on any atom is -0.347 e. The third-order valence-corrected chi connectivity index (χ3v) is 6.59. The molecule has 30 heavy (non-hydrogen) atoms. The van der Waals surface area contributed by atoms with Crippen molar-refractivity contribution in [3.8, 4) is 0 Å². The van der Waals surface area contributed by atoms with Crippen molar-refractivity contribution >= 4 is 44.2 Å². The fourth-order valence-corrected chi connectivity index (χ4v) is 4.74. The van der Waals surface area contributed by atoms with E-state index in [1.807, 2.05) is 42.5 Å². The van der Waals surface area contributed by atoms with Crippen LogP contribution < -0.4 is 10.2 Å². The van der Waals surface area contributed by atoms with Gasteiger partial charge in [-0.2, -0.15) is 0 Å². The minimum atomic E-state index is -0.0747. The Morgan fingerprint density at radius 3 is 2.87 bits per heavy atom. The number of anilines is 2. The first kappa shape index (κ1) is 20.3. The zero-order chi connectivity index (χ0) is 21.1. The van der Waals surface area contributed by atoms with Crippen molar-refractivity contribution in [3.63, 3.8) is 0 Å². The number of nitrogens with one attached hydrogen (secondary N) is 1. The first-order valence-corrected chi connectivity index (χ1v) is 11.0. The van der Waals surface area contributed by atoms with E-state index >= 15 is 0 Å². The quantitative estimate of drug-likeness (QED) is 0.671. The molecule has 1 N–H and O–H groups in total. The van der Waals surface area contributed by atoms with Gasteiger partial charge in [-0.1, -0.05) is 35.6 Å². The van der Waals surface area contributed by atoms with Gasteiger partial charge in [0.25, 0.3) is 0 Å². The standard InChI is InChI=1S/C23H26N4O2S/c1-16(28)26(2)14-17-7-5-9-19(13-17)24-22(29)18-8-6-12-27(15-18)23-25-20-10-3-4-11-21(20)30-23/h3-5,7,9-11,13,18H,6,8,12,14-15H2,1-2H3,(H,24,29)/t18-/m1/s1. The SMILES string of the molecule is CC(=O)N(C)Cc1cccc(NC(=O)[C@@H]2CCCN(c3nc4ccccc4s3)C2)c1. The summed E-state index contributed by atoms with van der Waals surface area (Å²) in [5.74, 6) is -0.0196. The van der Waals surface area contributed by atoms with Crippen molar-refractivity contribution in [2.75, 3.05) is 30.4 Å². The van der Waals surface area contributed by atoms with Crippen LogP contribution in [0.3, 0.4) is 0 Å². The zero-order valence-electron chi connectivity index (χ0n) is 17.3. The van der Waals surface area contributed by atoms with Gasteiger partial charge in [0.05, 0.1) is 16.1 Å². The molecule has 2 aromatic carbocycles. The summed E-state index contributed by atoms with van der Waals surface area (Å²) in [6.07, 6.45) is 1.84. The highest BCUT2D eigenvalue weighted by molar-refractivity contribution is 7.22. The first-order valence-electron chi connectivity index (χ1n) is 10.2. The average molecular weight is 423 g/mol. The molecule has 7 heteroatoms. The molecule has 0 spiro atoms. The second-order valence-corrected chi connectivity index (χ2v) is 8.82. The number of hydrogen-bond donors (Lipinski definition) is 1. The summed E-state index contributed by atoms with van der Waals surface area (Å²) in [5.41, 5.74) is 2.77. The lowest BCUT2D eigenvalue weighted by molar-refractivity contribution is -0.128. The minimum absolute atomic E-state index is 0.0154. The Balaban J connectivity index is 1.41. The second kappa shape index (κ2) is 8.83. The molecule has 3 aromatic rings. The molecule has 2 heterocycles. The van der Waals surface area contributed by atoms with Crippen molar-refractivity contribution in [2.45, 2.75) is 26.3 Å². The maximum absolute atomic E-state index is 12.9. The molecule has 0 radical (unpaired) electrons. The largest absolute Gasteiger partial charge is 0.347 e. The number of fused-ring (bicyclic) bond motifs is 1. The van der Waals surface area contributed by atoms with Crippen molar-refractivity contribution in [3.05, 3.63) is 54.1 Å². The number of benzene rings is 2. The number of aromatic nitrogens is 1. The topological polar surface area (TPSA) is 65.5 Å². The van der Waals surface area contributed by atoms with Crippen LogP contribution >= 0.6 is 11.3 Å². The molecular formula is C23H26N4O2S. The Morgan fingerprint density at radius 2 is 2.07 bits per heavy atom. The fraction of sp³-hybridized carbons (Fsp3) is 0.348. The number of hydrogen-bond acceptors (Lipinski definition) is 5.